The van der Waals surface area contributed by atoms with Gasteiger partial charge in [0.2, 0.25) is 0 Å². The molecule has 0 bridgehead atoms. The van der Waals surface area contributed by atoms with E-state index in [2.05, 4.69) is 20.8 Å². The van der Waals surface area contributed by atoms with Gasteiger partial charge in [0.25, 0.3) is 0 Å². The predicted octanol–water partition coefficient (Wildman–Crippen LogP) is 3.56. The van der Waals surface area contributed by atoms with Crippen molar-refractivity contribution in [1.29, 1.82) is 0 Å². The minimum Gasteiger partial charge on any atom is -0.390 e. The average molecular weight is 419 g/mol. The van der Waals surface area contributed by atoms with Crippen LogP contribution in [0.5, 0.6) is 0 Å². The predicted molar refractivity (Wildman–Crippen MR) is 115 cm³/mol. The molecule has 0 aromatic heterocycles. The highest BCUT2D eigenvalue weighted by Gasteiger charge is 2.46. The third-order valence-electron chi connectivity index (χ3n) is 5.22. The molecule has 1 aliphatic rings. The fourth-order valence-electron chi connectivity index (χ4n) is 3.53. The van der Waals surface area contributed by atoms with Crippen molar-refractivity contribution in [2.75, 3.05) is 26.4 Å². The summed E-state index contributed by atoms with van der Waals surface area (Å²) in [6.07, 6.45) is -1.25. The zero-order chi connectivity index (χ0) is 22.5. The van der Waals surface area contributed by atoms with Crippen LogP contribution in [0.1, 0.15) is 75.2 Å². The maximum absolute atomic E-state index is 10.9. The Labute approximate surface area is 178 Å². The summed E-state index contributed by atoms with van der Waals surface area (Å²) in [7, 11) is 0. The Balaban J connectivity index is 2.86. The molecule has 0 spiro atoms. The molecule has 2 N–H and O–H groups in total. The average Bonchev–Trinajstić information content (AvgIpc) is 2.55. The van der Waals surface area contributed by atoms with Crippen LogP contribution in [0.4, 0.5) is 0 Å². The Morgan fingerprint density at radius 3 is 1.93 bits per heavy atom. The summed E-state index contributed by atoms with van der Waals surface area (Å²) >= 11 is 0. The summed E-state index contributed by atoms with van der Waals surface area (Å²) in [6.45, 7) is 20.3. The molecular formula is C23H46O6. The molecule has 5 unspecified atom stereocenters. The maximum atomic E-state index is 10.9. The minimum absolute atomic E-state index is 0.00773. The van der Waals surface area contributed by atoms with Gasteiger partial charge < -0.3 is 29.2 Å². The third-order valence-corrected chi connectivity index (χ3v) is 5.22. The standard InChI is InChI=1S/C23H46O6/c1-10-26-12-11-23(8,9)28-14-17-16(13-21(2,3)4)19(24)20(25)18(29-17)15-27-22(5,6)7/h16-20,24-25H,10-15H2,1-9H3. The van der Waals surface area contributed by atoms with E-state index in [1.54, 1.807) is 0 Å². The maximum Gasteiger partial charge on any atom is 0.110 e. The largest absolute Gasteiger partial charge is 0.390 e. The van der Waals surface area contributed by atoms with Gasteiger partial charge in [0.05, 0.1) is 36.6 Å². The van der Waals surface area contributed by atoms with Crippen molar-refractivity contribution in [3.63, 3.8) is 0 Å². The van der Waals surface area contributed by atoms with E-state index in [1.165, 1.54) is 0 Å². The number of rotatable bonds is 10. The molecule has 1 fully saturated rings. The van der Waals surface area contributed by atoms with Crippen molar-refractivity contribution >= 4 is 0 Å². The molecule has 0 saturated carbocycles. The molecule has 0 aromatic rings. The lowest BCUT2D eigenvalue weighted by atomic mass is 9.76. The summed E-state index contributed by atoms with van der Waals surface area (Å²) in [5.74, 6) is -0.210. The van der Waals surface area contributed by atoms with Crippen molar-refractivity contribution in [3.05, 3.63) is 0 Å². The quantitative estimate of drug-likeness (QED) is 0.528. The van der Waals surface area contributed by atoms with Crippen LogP contribution in [0.15, 0.2) is 0 Å². The van der Waals surface area contributed by atoms with Gasteiger partial charge in [-0.3, -0.25) is 0 Å². The summed E-state index contributed by atoms with van der Waals surface area (Å²) in [5, 5.41) is 21.6. The van der Waals surface area contributed by atoms with Crippen LogP contribution < -0.4 is 0 Å². The van der Waals surface area contributed by atoms with Crippen LogP contribution in [0, 0.1) is 11.3 Å². The number of hydrogen-bond donors (Lipinski definition) is 2. The highest BCUT2D eigenvalue weighted by Crippen LogP contribution is 2.36. The van der Waals surface area contributed by atoms with Gasteiger partial charge in [-0.2, -0.15) is 0 Å². The molecule has 174 valence electrons. The first-order valence-electron chi connectivity index (χ1n) is 11.0. The smallest absolute Gasteiger partial charge is 0.110 e. The van der Waals surface area contributed by atoms with E-state index in [9.17, 15) is 10.2 Å². The van der Waals surface area contributed by atoms with E-state index in [-0.39, 0.29) is 35.2 Å². The highest BCUT2D eigenvalue weighted by molar-refractivity contribution is 4.94. The van der Waals surface area contributed by atoms with Crippen LogP contribution in [0.2, 0.25) is 0 Å². The fraction of sp³-hybridized carbons (Fsp3) is 1.00. The van der Waals surface area contributed by atoms with Crippen molar-refractivity contribution in [2.45, 2.75) is 111 Å². The molecule has 1 saturated heterocycles. The van der Waals surface area contributed by atoms with Gasteiger partial charge in [-0.15, -0.1) is 0 Å². The van der Waals surface area contributed by atoms with Gasteiger partial charge in [-0.25, -0.2) is 0 Å². The normalized spacial score (nSPS) is 29.3. The molecule has 1 rings (SSSR count). The van der Waals surface area contributed by atoms with Crippen LogP contribution in [-0.2, 0) is 18.9 Å². The van der Waals surface area contributed by atoms with Crippen molar-refractivity contribution < 1.29 is 29.2 Å². The van der Waals surface area contributed by atoms with E-state index in [4.69, 9.17) is 18.9 Å². The molecule has 5 atom stereocenters. The van der Waals surface area contributed by atoms with E-state index in [0.717, 1.165) is 12.8 Å². The van der Waals surface area contributed by atoms with Crippen LogP contribution >= 0.6 is 0 Å². The number of aliphatic hydroxyl groups is 2. The van der Waals surface area contributed by atoms with E-state index >= 15 is 0 Å². The Kier molecular flexibility index (Phi) is 10.0. The van der Waals surface area contributed by atoms with Gasteiger partial charge >= 0.3 is 0 Å². The summed E-state index contributed by atoms with van der Waals surface area (Å²) < 4.78 is 23.7. The lowest BCUT2D eigenvalue weighted by Crippen LogP contribution is -2.58. The number of hydrogen-bond acceptors (Lipinski definition) is 6. The first-order chi connectivity index (χ1) is 13.2. The Hall–Kier alpha value is -0.240. The van der Waals surface area contributed by atoms with Gasteiger partial charge in [-0.1, -0.05) is 20.8 Å². The second-order valence-corrected chi connectivity index (χ2v) is 11.1. The molecule has 0 aliphatic carbocycles. The highest BCUT2D eigenvalue weighted by atomic mass is 16.6. The molecule has 1 heterocycles. The zero-order valence-corrected chi connectivity index (χ0v) is 20.2. The van der Waals surface area contributed by atoms with E-state index in [1.807, 2.05) is 41.5 Å². The summed E-state index contributed by atoms with van der Waals surface area (Å²) in [4.78, 5) is 0. The number of aliphatic hydroxyl groups excluding tert-OH is 2. The molecule has 6 nitrogen and oxygen atoms in total. The number of ether oxygens (including phenoxy) is 4. The van der Waals surface area contributed by atoms with E-state index in [0.29, 0.717) is 19.8 Å². The molecule has 0 radical (unpaired) electrons. The lowest BCUT2D eigenvalue weighted by Gasteiger charge is -2.46. The summed E-state index contributed by atoms with van der Waals surface area (Å²) in [6, 6.07) is 0. The Morgan fingerprint density at radius 2 is 1.41 bits per heavy atom. The van der Waals surface area contributed by atoms with Gasteiger partial charge in [0, 0.05) is 19.1 Å². The summed E-state index contributed by atoms with van der Waals surface area (Å²) in [5.41, 5.74) is -0.709. The second kappa shape index (κ2) is 10.9. The molecule has 0 amide bonds. The molecule has 0 aromatic carbocycles. The monoisotopic (exact) mass is 418 g/mol. The molecular weight excluding hydrogens is 372 g/mol. The first-order valence-corrected chi connectivity index (χ1v) is 11.0. The van der Waals surface area contributed by atoms with Crippen LogP contribution in [0.25, 0.3) is 0 Å². The molecule has 29 heavy (non-hydrogen) atoms. The Morgan fingerprint density at radius 1 is 0.828 bits per heavy atom. The van der Waals surface area contributed by atoms with Gasteiger partial charge in [0.15, 0.2) is 0 Å². The van der Waals surface area contributed by atoms with Crippen LogP contribution in [-0.4, -0.2) is 72.3 Å². The van der Waals surface area contributed by atoms with Gasteiger partial charge in [-0.05, 0) is 59.8 Å². The molecule has 6 heteroatoms. The third kappa shape index (κ3) is 10.1. The van der Waals surface area contributed by atoms with Gasteiger partial charge in [0.1, 0.15) is 12.2 Å². The van der Waals surface area contributed by atoms with Crippen LogP contribution in [0.3, 0.4) is 0 Å². The SMILES string of the molecule is CCOCCC(C)(C)OCC1OC(COC(C)(C)C)C(O)C(O)C1CC(C)(C)C. The molecule has 1 aliphatic heterocycles. The van der Waals surface area contributed by atoms with Crippen molar-refractivity contribution in [2.24, 2.45) is 11.3 Å². The topological polar surface area (TPSA) is 77.4 Å². The zero-order valence-electron chi connectivity index (χ0n) is 20.2. The fourth-order valence-corrected chi connectivity index (χ4v) is 3.53. The second-order valence-electron chi connectivity index (χ2n) is 11.1. The minimum atomic E-state index is -0.980. The van der Waals surface area contributed by atoms with Crippen molar-refractivity contribution in [3.8, 4) is 0 Å². The van der Waals surface area contributed by atoms with E-state index < -0.39 is 18.3 Å². The first kappa shape index (κ1) is 26.8. The Bertz CT molecular complexity index is 463. The van der Waals surface area contributed by atoms with Crippen molar-refractivity contribution in [1.82, 2.24) is 0 Å². The lowest BCUT2D eigenvalue weighted by molar-refractivity contribution is -0.241.